The summed E-state index contributed by atoms with van der Waals surface area (Å²) in [6.45, 7) is -0.807. The second-order valence-electron chi connectivity index (χ2n) is 7.27. The zero-order valence-electron chi connectivity index (χ0n) is 17.2. The van der Waals surface area contributed by atoms with E-state index in [0.717, 1.165) is 21.9 Å². The van der Waals surface area contributed by atoms with Crippen molar-refractivity contribution < 1.29 is 32.3 Å². The molecule has 4 rings (SSSR count). The molecule has 33 heavy (non-hydrogen) atoms. The average molecular weight is 477 g/mol. The van der Waals surface area contributed by atoms with E-state index in [2.05, 4.69) is 10.6 Å². The monoisotopic (exact) mass is 477 g/mol. The van der Waals surface area contributed by atoms with Crippen LogP contribution >= 0.6 is 11.8 Å². The largest absolute Gasteiger partial charge is 0.456 e. The maximum absolute atomic E-state index is 13.2. The fourth-order valence-electron chi connectivity index (χ4n) is 3.70. The molecule has 0 aromatic heterocycles. The van der Waals surface area contributed by atoms with E-state index in [0.29, 0.717) is 5.56 Å². The third-order valence-corrected chi connectivity index (χ3v) is 6.00. The Hall–Kier alpha value is -3.47. The number of para-hydroxylation sites is 1. The molecule has 0 saturated carbocycles. The second-order valence-corrected chi connectivity index (χ2v) is 8.15. The molecule has 0 spiro atoms. The lowest BCUT2D eigenvalue weighted by Gasteiger charge is -2.32. The number of urea groups is 1. The first kappa shape index (κ1) is 22.7. The smallest absolute Gasteiger partial charge is 0.418 e. The SMILES string of the molecule is CSc1ccc([C@H]2NC(=O)N(CC(=O)Nc3ccccc3C(F)(F)F)C3=C2C(=O)OC3)cc1. The van der Waals surface area contributed by atoms with Crippen LogP contribution in [0.4, 0.5) is 23.7 Å². The van der Waals surface area contributed by atoms with Crippen LogP contribution in [0.2, 0.25) is 0 Å². The van der Waals surface area contributed by atoms with Gasteiger partial charge in [-0.05, 0) is 36.1 Å². The Kier molecular flexibility index (Phi) is 6.07. The number of rotatable bonds is 5. The van der Waals surface area contributed by atoms with E-state index < -0.39 is 47.9 Å². The molecule has 2 N–H and O–H groups in total. The third-order valence-electron chi connectivity index (χ3n) is 5.26. The van der Waals surface area contributed by atoms with Gasteiger partial charge < -0.3 is 15.4 Å². The first-order valence-electron chi connectivity index (χ1n) is 9.77. The fraction of sp³-hybridized carbons (Fsp3) is 0.227. The van der Waals surface area contributed by atoms with Gasteiger partial charge in [-0.25, -0.2) is 9.59 Å². The number of cyclic esters (lactones) is 1. The first-order chi connectivity index (χ1) is 15.7. The second kappa shape index (κ2) is 8.81. The first-order valence-corrected chi connectivity index (χ1v) is 11.0. The van der Waals surface area contributed by atoms with Crippen LogP contribution in [0, 0.1) is 0 Å². The molecular formula is C22H18F3N3O4S. The molecule has 2 heterocycles. The number of hydrogen-bond donors (Lipinski definition) is 2. The van der Waals surface area contributed by atoms with Crippen LogP contribution in [0.15, 0.2) is 64.7 Å². The van der Waals surface area contributed by atoms with E-state index >= 15 is 0 Å². The van der Waals surface area contributed by atoms with Crippen molar-refractivity contribution in [3.63, 3.8) is 0 Å². The predicted octanol–water partition coefficient (Wildman–Crippen LogP) is 3.94. The molecule has 0 saturated heterocycles. The number of alkyl halides is 3. The van der Waals surface area contributed by atoms with Gasteiger partial charge in [0.05, 0.1) is 28.6 Å². The molecule has 11 heteroatoms. The predicted molar refractivity (Wildman–Crippen MR) is 114 cm³/mol. The lowest BCUT2D eigenvalue weighted by molar-refractivity contribution is -0.137. The van der Waals surface area contributed by atoms with Gasteiger partial charge in [0.1, 0.15) is 13.2 Å². The molecule has 2 aliphatic heterocycles. The summed E-state index contributed by atoms with van der Waals surface area (Å²) in [6, 6.07) is 10.4. The highest BCUT2D eigenvalue weighted by atomic mass is 32.2. The number of nitrogens with one attached hydrogen (secondary N) is 2. The van der Waals surface area contributed by atoms with E-state index in [1.165, 1.54) is 12.1 Å². The number of hydrogen-bond acceptors (Lipinski definition) is 5. The van der Waals surface area contributed by atoms with Gasteiger partial charge in [0.15, 0.2) is 0 Å². The zero-order valence-corrected chi connectivity index (χ0v) is 18.0. The van der Waals surface area contributed by atoms with Crippen molar-refractivity contribution in [2.24, 2.45) is 0 Å². The van der Waals surface area contributed by atoms with Gasteiger partial charge in [0.25, 0.3) is 0 Å². The molecule has 0 fully saturated rings. The average Bonchev–Trinajstić information content (AvgIpc) is 3.17. The minimum absolute atomic E-state index is 0.190. The van der Waals surface area contributed by atoms with Gasteiger partial charge in [-0.15, -0.1) is 11.8 Å². The van der Waals surface area contributed by atoms with Crippen molar-refractivity contribution in [1.29, 1.82) is 0 Å². The molecule has 3 amide bonds. The number of ether oxygens (including phenoxy) is 1. The summed E-state index contributed by atoms with van der Waals surface area (Å²) in [7, 11) is 0. The van der Waals surface area contributed by atoms with E-state index in [1.54, 1.807) is 23.9 Å². The van der Waals surface area contributed by atoms with Crippen molar-refractivity contribution in [2.75, 3.05) is 24.7 Å². The number of esters is 1. The molecule has 0 aliphatic carbocycles. The van der Waals surface area contributed by atoms with Crippen molar-refractivity contribution in [2.45, 2.75) is 17.1 Å². The van der Waals surface area contributed by atoms with Crippen LogP contribution in [-0.4, -0.2) is 42.2 Å². The summed E-state index contributed by atoms with van der Waals surface area (Å²) in [5.41, 5.74) is -0.366. The number of carbonyl (C=O) groups excluding carboxylic acids is 3. The Balaban J connectivity index is 1.58. The number of thioether (sulfide) groups is 1. The molecule has 2 aromatic rings. The summed E-state index contributed by atoms with van der Waals surface area (Å²) in [5, 5.41) is 4.89. The van der Waals surface area contributed by atoms with E-state index in [-0.39, 0.29) is 17.9 Å². The van der Waals surface area contributed by atoms with Gasteiger partial charge >= 0.3 is 18.2 Å². The number of benzene rings is 2. The highest BCUT2D eigenvalue weighted by Crippen LogP contribution is 2.36. The van der Waals surface area contributed by atoms with Crippen molar-refractivity contribution in [3.8, 4) is 0 Å². The van der Waals surface area contributed by atoms with Gasteiger partial charge in [-0.2, -0.15) is 13.2 Å². The quantitative estimate of drug-likeness (QED) is 0.503. The number of halogens is 3. The minimum atomic E-state index is -4.66. The lowest BCUT2D eigenvalue weighted by atomic mass is 9.96. The highest BCUT2D eigenvalue weighted by molar-refractivity contribution is 7.98. The van der Waals surface area contributed by atoms with Crippen LogP contribution in [0.1, 0.15) is 17.2 Å². The Labute approximate surface area is 191 Å². The normalized spacial score (nSPS) is 18.1. The molecular weight excluding hydrogens is 459 g/mol. The fourth-order valence-corrected chi connectivity index (χ4v) is 4.11. The van der Waals surface area contributed by atoms with E-state index in [1.807, 2.05) is 18.4 Å². The summed E-state index contributed by atoms with van der Waals surface area (Å²) in [4.78, 5) is 39.8. The van der Waals surface area contributed by atoms with Crippen LogP contribution in [0.25, 0.3) is 0 Å². The van der Waals surface area contributed by atoms with E-state index in [9.17, 15) is 27.6 Å². The van der Waals surface area contributed by atoms with Crippen molar-refractivity contribution in [1.82, 2.24) is 10.2 Å². The molecule has 7 nitrogen and oxygen atoms in total. The zero-order chi connectivity index (χ0) is 23.8. The molecule has 0 radical (unpaired) electrons. The summed E-state index contributed by atoms with van der Waals surface area (Å²) < 4.78 is 44.7. The number of carbonyl (C=O) groups is 3. The van der Waals surface area contributed by atoms with Crippen molar-refractivity contribution in [3.05, 3.63) is 70.9 Å². The third kappa shape index (κ3) is 4.54. The summed E-state index contributed by atoms with van der Waals surface area (Å²) in [6.07, 6.45) is -2.74. The van der Waals surface area contributed by atoms with Crippen LogP contribution in [0.3, 0.4) is 0 Å². The summed E-state index contributed by atoms with van der Waals surface area (Å²) in [5.74, 6) is -1.48. The highest BCUT2D eigenvalue weighted by Gasteiger charge is 2.43. The standard InChI is InChI=1S/C22H18F3N3O4S/c1-33-13-8-6-12(7-9-13)19-18-16(11-32-20(18)30)28(21(31)27-19)10-17(29)26-15-5-3-2-4-14(15)22(23,24)25/h2-9,19H,10-11H2,1H3,(H,26,29)(H,27,31)/t19-/m1/s1. The van der Waals surface area contributed by atoms with Crippen molar-refractivity contribution >= 4 is 35.4 Å². The molecule has 172 valence electrons. The van der Waals surface area contributed by atoms with E-state index in [4.69, 9.17) is 4.74 Å². The number of amides is 3. The number of nitrogens with zero attached hydrogens (tertiary/aromatic N) is 1. The summed E-state index contributed by atoms with van der Waals surface area (Å²) >= 11 is 1.54. The van der Waals surface area contributed by atoms with Crippen LogP contribution in [-0.2, 0) is 20.5 Å². The Bertz CT molecular complexity index is 1150. The van der Waals surface area contributed by atoms with Gasteiger partial charge in [-0.3, -0.25) is 9.69 Å². The van der Waals surface area contributed by atoms with Gasteiger partial charge in [0.2, 0.25) is 5.91 Å². The molecule has 2 aromatic carbocycles. The Morgan fingerprint density at radius 2 is 1.88 bits per heavy atom. The maximum Gasteiger partial charge on any atom is 0.418 e. The van der Waals surface area contributed by atoms with Crippen LogP contribution < -0.4 is 10.6 Å². The lowest BCUT2D eigenvalue weighted by Crippen LogP contribution is -2.49. The minimum Gasteiger partial charge on any atom is -0.456 e. The van der Waals surface area contributed by atoms with Crippen LogP contribution in [0.5, 0.6) is 0 Å². The molecule has 0 unspecified atom stereocenters. The molecule has 2 aliphatic rings. The maximum atomic E-state index is 13.2. The Morgan fingerprint density at radius 1 is 1.18 bits per heavy atom. The Morgan fingerprint density at radius 3 is 2.55 bits per heavy atom. The van der Waals surface area contributed by atoms with Gasteiger partial charge in [-0.1, -0.05) is 24.3 Å². The van der Waals surface area contributed by atoms with Gasteiger partial charge in [0, 0.05) is 4.90 Å². The topological polar surface area (TPSA) is 87.7 Å². The molecule has 1 atom stereocenters. The molecule has 0 bridgehead atoms. The number of anilines is 1.